The second-order valence-corrected chi connectivity index (χ2v) is 5.86. The lowest BCUT2D eigenvalue weighted by molar-refractivity contribution is 0.196. The summed E-state index contributed by atoms with van der Waals surface area (Å²) in [5.74, 6) is 0.591. The Morgan fingerprint density at radius 3 is 3.06 bits per heavy atom. The van der Waals surface area contributed by atoms with Crippen LogP contribution in [0.15, 0.2) is 11.4 Å². The molecule has 0 radical (unpaired) electrons. The van der Waals surface area contributed by atoms with Crippen molar-refractivity contribution in [3.8, 4) is 6.07 Å². The summed E-state index contributed by atoms with van der Waals surface area (Å²) in [7, 11) is 0. The zero-order valence-corrected chi connectivity index (χ0v) is 10.8. The Kier molecular flexibility index (Phi) is 3.63. The molecule has 0 amide bonds. The minimum Gasteiger partial charge on any atom is -0.283 e. The summed E-state index contributed by atoms with van der Waals surface area (Å²) in [6.07, 6.45) is 2.10. The summed E-state index contributed by atoms with van der Waals surface area (Å²) in [6, 6.07) is 4.75. The highest BCUT2D eigenvalue weighted by atomic mass is 32.1. The van der Waals surface area contributed by atoms with Gasteiger partial charge in [-0.1, -0.05) is 13.8 Å². The Balaban J connectivity index is 2.04. The average Bonchev–Trinajstić information content (AvgIpc) is 2.72. The van der Waals surface area contributed by atoms with Crippen LogP contribution in [-0.2, 0) is 13.0 Å². The molecule has 0 N–H and O–H groups in total. The molecule has 0 unspecified atom stereocenters. The molecule has 1 aliphatic rings. The fourth-order valence-corrected chi connectivity index (χ4v) is 3.16. The molecule has 0 aliphatic carbocycles. The van der Waals surface area contributed by atoms with Crippen molar-refractivity contribution in [2.45, 2.75) is 39.3 Å². The van der Waals surface area contributed by atoms with E-state index in [-0.39, 0.29) is 6.04 Å². The number of fused-ring (bicyclic) bond motifs is 1. The van der Waals surface area contributed by atoms with E-state index in [2.05, 4.69) is 36.3 Å². The number of hydrogen-bond acceptors (Lipinski definition) is 3. The van der Waals surface area contributed by atoms with Gasteiger partial charge in [-0.15, -0.1) is 11.3 Å². The second-order valence-electron chi connectivity index (χ2n) is 4.86. The molecule has 0 saturated heterocycles. The van der Waals surface area contributed by atoms with Gasteiger partial charge in [0.25, 0.3) is 0 Å². The number of nitriles is 1. The molecule has 1 aromatic rings. The molecule has 1 aromatic heterocycles. The molecule has 0 fully saturated rings. The van der Waals surface area contributed by atoms with Crippen molar-refractivity contribution in [1.29, 1.82) is 5.26 Å². The molecule has 0 saturated carbocycles. The zero-order chi connectivity index (χ0) is 11.5. The van der Waals surface area contributed by atoms with E-state index in [4.69, 9.17) is 0 Å². The summed E-state index contributed by atoms with van der Waals surface area (Å²) >= 11 is 1.85. The fraction of sp³-hybridized carbons (Fsp3) is 0.615. The molecular weight excluding hydrogens is 216 g/mol. The second kappa shape index (κ2) is 4.99. The first-order valence-electron chi connectivity index (χ1n) is 5.89. The minimum atomic E-state index is 0.0908. The Morgan fingerprint density at radius 1 is 1.56 bits per heavy atom. The lowest BCUT2D eigenvalue weighted by Crippen LogP contribution is -2.38. The van der Waals surface area contributed by atoms with Gasteiger partial charge in [0.2, 0.25) is 0 Å². The predicted molar refractivity (Wildman–Crippen MR) is 67.3 cm³/mol. The molecule has 2 nitrogen and oxygen atoms in total. The number of hydrogen-bond donors (Lipinski definition) is 0. The largest absolute Gasteiger partial charge is 0.283 e. The highest BCUT2D eigenvalue weighted by molar-refractivity contribution is 7.10. The third-order valence-corrected chi connectivity index (χ3v) is 4.14. The van der Waals surface area contributed by atoms with Gasteiger partial charge in [0.1, 0.15) is 0 Å². The molecular formula is C13H18N2S. The van der Waals surface area contributed by atoms with Crippen LogP contribution in [0, 0.1) is 17.2 Å². The monoisotopic (exact) mass is 234 g/mol. The van der Waals surface area contributed by atoms with Gasteiger partial charge in [0.15, 0.2) is 0 Å². The van der Waals surface area contributed by atoms with Crippen LogP contribution in [0.1, 0.15) is 30.7 Å². The molecule has 0 spiro atoms. The summed E-state index contributed by atoms with van der Waals surface area (Å²) in [4.78, 5) is 3.84. The first kappa shape index (κ1) is 11.6. The molecule has 1 atom stereocenters. The first-order chi connectivity index (χ1) is 7.70. The van der Waals surface area contributed by atoms with E-state index in [0.717, 1.165) is 25.9 Å². The fourth-order valence-electron chi connectivity index (χ4n) is 2.27. The van der Waals surface area contributed by atoms with Crippen LogP contribution in [0.3, 0.4) is 0 Å². The maximum Gasteiger partial charge on any atom is 0.0983 e. The van der Waals surface area contributed by atoms with E-state index >= 15 is 0 Å². The smallest absolute Gasteiger partial charge is 0.0983 e. The Hall–Kier alpha value is -0.850. The van der Waals surface area contributed by atoms with Crippen molar-refractivity contribution in [3.05, 3.63) is 21.9 Å². The van der Waals surface area contributed by atoms with Crippen LogP contribution in [0.5, 0.6) is 0 Å². The van der Waals surface area contributed by atoms with Gasteiger partial charge in [-0.3, -0.25) is 4.90 Å². The summed E-state index contributed by atoms with van der Waals surface area (Å²) in [5, 5.41) is 11.4. The van der Waals surface area contributed by atoms with Crippen LogP contribution >= 0.6 is 11.3 Å². The van der Waals surface area contributed by atoms with Crippen LogP contribution in [-0.4, -0.2) is 17.5 Å². The number of nitrogens with zero attached hydrogens (tertiary/aromatic N) is 2. The molecule has 1 aliphatic heterocycles. The Morgan fingerprint density at radius 2 is 2.38 bits per heavy atom. The van der Waals surface area contributed by atoms with Gasteiger partial charge < -0.3 is 0 Å². The van der Waals surface area contributed by atoms with Gasteiger partial charge in [-0.2, -0.15) is 5.26 Å². The SMILES string of the molecule is CC(C)C[C@@H](C#N)N1CCc2sccc2C1. The van der Waals surface area contributed by atoms with E-state index in [1.54, 1.807) is 0 Å². The highest BCUT2D eigenvalue weighted by Gasteiger charge is 2.24. The third kappa shape index (κ3) is 2.45. The lowest BCUT2D eigenvalue weighted by Gasteiger charge is -2.31. The highest BCUT2D eigenvalue weighted by Crippen LogP contribution is 2.26. The molecule has 86 valence electrons. The quantitative estimate of drug-likeness (QED) is 0.803. The van der Waals surface area contributed by atoms with Crippen molar-refractivity contribution >= 4 is 11.3 Å². The van der Waals surface area contributed by atoms with Crippen molar-refractivity contribution in [3.63, 3.8) is 0 Å². The minimum absolute atomic E-state index is 0.0908. The van der Waals surface area contributed by atoms with Crippen molar-refractivity contribution in [2.75, 3.05) is 6.54 Å². The van der Waals surface area contributed by atoms with Gasteiger partial charge in [0, 0.05) is 18.0 Å². The van der Waals surface area contributed by atoms with Gasteiger partial charge in [-0.25, -0.2) is 0 Å². The maximum atomic E-state index is 9.24. The molecule has 0 bridgehead atoms. The van der Waals surface area contributed by atoms with Gasteiger partial charge in [-0.05, 0) is 35.8 Å². The maximum absolute atomic E-state index is 9.24. The van der Waals surface area contributed by atoms with Crippen LogP contribution in [0.25, 0.3) is 0 Å². The van der Waals surface area contributed by atoms with E-state index in [1.807, 2.05) is 11.3 Å². The van der Waals surface area contributed by atoms with Crippen LogP contribution in [0.2, 0.25) is 0 Å². The molecule has 16 heavy (non-hydrogen) atoms. The van der Waals surface area contributed by atoms with Crippen molar-refractivity contribution in [2.24, 2.45) is 5.92 Å². The van der Waals surface area contributed by atoms with E-state index < -0.39 is 0 Å². The molecule has 0 aromatic carbocycles. The predicted octanol–water partition coefficient (Wildman–Crippen LogP) is 3.04. The third-order valence-electron chi connectivity index (χ3n) is 3.12. The standard InChI is InChI=1S/C13H18N2S/c1-10(2)7-12(8-14)15-5-3-13-11(9-15)4-6-16-13/h4,6,10,12H,3,5,7,9H2,1-2H3/t12-/m0/s1. The molecule has 2 rings (SSSR count). The molecule has 3 heteroatoms. The Labute approximate surface area is 102 Å². The van der Waals surface area contributed by atoms with Crippen LogP contribution < -0.4 is 0 Å². The van der Waals surface area contributed by atoms with Crippen molar-refractivity contribution in [1.82, 2.24) is 4.90 Å². The average molecular weight is 234 g/mol. The lowest BCUT2D eigenvalue weighted by atomic mass is 10.0. The van der Waals surface area contributed by atoms with E-state index in [0.29, 0.717) is 5.92 Å². The first-order valence-corrected chi connectivity index (χ1v) is 6.77. The summed E-state index contributed by atoms with van der Waals surface area (Å²) in [6.45, 7) is 6.37. The van der Waals surface area contributed by atoms with Crippen molar-refractivity contribution < 1.29 is 0 Å². The summed E-state index contributed by atoms with van der Waals surface area (Å²) in [5.41, 5.74) is 1.43. The van der Waals surface area contributed by atoms with Gasteiger partial charge in [0.05, 0.1) is 12.1 Å². The number of rotatable bonds is 3. The van der Waals surface area contributed by atoms with Crippen LogP contribution in [0.4, 0.5) is 0 Å². The zero-order valence-electron chi connectivity index (χ0n) is 9.94. The van der Waals surface area contributed by atoms with E-state index in [9.17, 15) is 5.26 Å². The summed E-state index contributed by atoms with van der Waals surface area (Å²) < 4.78 is 0. The van der Waals surface area contributed by atoms with Gasteiger partial charge >= 0.3 is 0 Å². The Bertz CT molecular complexity index is 389. The normalized spacial score (nSPS) is 18.1. The number of thiophene rings is 1. The molecule has 2 heterocycles. The topological polar surface area (TPSA) is 27.0 Å². The van der Waals surface area contributed by atoms with E-state index in [1.165, 1.54) is 10.4 Å².